The molecule has 1 N–H and O–H groups in total. The first-order valence-electron chi connectivity index (χ1n) is 6.53. The molecule has 1 heterocycles. The van der Waals surface area contributed by atoms with Crippen LogP contribution in [0.3, 0.4) is 0 Å². The van der Waals surface area contributed by atoms with Gasteiger partial charge in [0.25, 0.3) is 0 Å². The van der Waals surface area contributed by atoms with Gasteiger partial charge in [-0.2, -0.15) is 5.10 Å². The molecule has 0 saturated carbocycles. The summed E-state index contributed by atoms with van der Waals surface area (Å²) in [4.78, 5) is 12.5. The summed E-state index contributed by atoms with van der Waals surface area (Å²) in [6.45, 7) is 4.05. The minimum absolute atomic E-state index is 0.0546. The summed E-state index contributed by atoms with van der Waals surface area (Å²) in [7, 11) is 1.81. The predicted molar refractivity (Wildman–Crippen MR) is 80.9 cm³/mol. The maximum atomic E-state index is 12.5. The Morgan fingerprint density at radius 3 is 2.40 bits per heavy atom. The molecule has 2 rings (SSSR count). The number of nitrogens with zero attached hydrogens (tertiary/aromatic N) is 2. The molecule has 0 aliphatic heterocycles. The van der Waals surface area contributed by atoms with Crippen molar-refractivity contribution in [2.75, 3.05) is 5.32 Å². The molecule has 1 aromatic heterocycles. The summed E-state index contributed by atoms with van der Waals surface area (Å²) >= 11 is 5.89. The molecule has 20 heavy (non-hydrogen) atoms. The molecule has 0 fully saturated rings. The molecule has 4 nitrogen and oxygen atoms in total. The summed E-state index contributed by atoms with van der Waals surface area (Å²) < 4.78 is 1.66. The Morgan fingerprint density at radius 2 is 1.90 bits per heavy atom. The highest BCUT2D eigenvalue weighted by Gasteiger charge is 2.24. The number of hydrogen-bond donors (Lipinski definition) is 1. The molecule has 0 unspecified atom stereocenters. The van der Waals surface area contributed by atoms with Crippen LogP contribution in [-0.4, -0.2) is 15.7 Å². The SMILES string of the molecule is CC(C)[C@H](C(=O)Nc1ccn(C)n1)c1ccc(Cl)cc1. The lowest BCUT2D eigenvalue weighted by molar-refractivity contribution is -0.118. The third-order valence-electron chi connectivity index (χ3n) is 3.14. The van der Waals surface area contributed by atoms with Gasteiger partial charge in [0.2, 0.25) is 5.91 Å². The number of hydrogen-bond acceptors (Lipinski definition) is 2. The zero-order valence-corrected chi connectivity index (χ0v) is 12.6. The third kappa shape index (κ3) is 3.39. The van der Waals surface area contributed by atoms with Crippen molar-refractivity contribution >= 4 is 23.3 Å². The van der Waals surface area contributed by atoms with Crippen LogP contribution in [0.2, 0.25) is 5.02 Å². The number of carbonyl (C=O) groups is 1. The predicted octanol–water partition coefficient (Wildman–Crippen LogP) is 3.45. The second-order valence-corrected chi connectivity index (χ2v) is 5.57. The molecule has 0 spiro atoms. The van der Waals surface area contributed by atoms with E-state index in [2.05, 4.69) is 10.4 Å². The summed E-state index contributed by atoms with van der Waals surface area (Å²) in [5.74, 6) is 0.465. The first-order chi connectivity index (χ1) is 9.47. The summed E-state index contributed by atoms with van der Waals surface area (Å²) in [5.41, 5.74) is 0.956. The minimum atomic E-state index is -0.228. The Hall–Kier alpha value is -1.81. The standard InChI is InChI=1S/C15H18ClN3O/c1-10(2)14(11-4-6-12(16)7-5-11)15(20)17-13-8-9-19(3)18-13/h4-10,14H,1-3H3,(H,17,18,20)/t14-/m0/s1. The monoisotopic (exact) mass is 291 g/mol. The van der Waals surface area contributed by atoms with Crippen LogP contribution in [0.5, 0.6) is 0 Å². The van der Waals surface area contributed by atoms with Crippen molar-refractivity contribution in [2.45, 2.75) is 19.8 Å². The Bertz CT molecular complexity index is 589. The van der Waals surface area contributed by atoms with Crippen LogP contribution in [0, 0.1) is 5.92 Å². The lowest BCUT2D eigenvalue weighted by Gasteiger charge is -2.20. The van der Waals surface area contributed by atoms with Crippen molar-refractivity contribution in [3.05, 3.63) is 47.1 Å². The van der Waals surface area contributed by atoms with E-state index in [0.717, 1.165) is 5.56 Å². The van der Waals surface area contributed by atoms with Gasteiger partial charge in [-0.3, -0.25) is 9.48 Å². The van der Waals surface area contributed by atoms with Crippen LogP contribution < -0.4 is 5.32 Å². The van der Waals surface area contributed by atoms with Gasteiger partial charge in [0.05, 0.1) is 5.92 Å². The number of aromatic nitrogens is 2. The van der Waals surface area contributed by atoms with E-state index < -0.39 is 0 Å². The first kappa shape index (κ1) is 14.6. The largest absolute Gasteiger partial charge is 0.309 e. The Labute approximate surface area is 123 Å². The van der Waals surface area contributed by atoms with Crippen LogP contribution >= 0.6 is 11.6 Å². The highest BCUT2D eigenvalue weighted by Crippen LogP contribution is 2.27. The zero-order valence-electron chi connectivity index (χ0n) is 11.8. The Balaban J connectivity index is 2.20. The first-order valence-corrected chi connectivity index (χ1v) is 6.91. The average Bonchev–Trinajstić information content (AvgIpc) is 2.77. The molecular weight excluding hydrogens is 274 g/mol. The smallest absolute Gasteiger partial charge is 0.233 e. The Morgan fingerprint density at radius 1 is 1.25 bits per heavy atom. The molecule has 0 aliphatic carbocycles. The van der Waals surface area contributed by atoms with Crippen LogP contribution in [0.1, 0.15) is 25.3 Å². The summed E-state index contributed by atoms with van der Waals surface area (Å²) in [5, 5.41) is 7.69. The van der Waals surface area contributed by atoms with Gasteiger partial charge in [-0.25, -0.2) is 0 Å². The van der Waals surface area contributed by atoms with Crippen LogP contribution in [0.4, 0.5) is 5.82 Å². The molecule has 0 aliphatic rings. The molecule has 106 valence electrons. The van der Waals surface area contributed by atoms with E-state index in [9.17, 15) is 4.79 Å². The molecule has 1 aromatic carbocycles. The van der Waals surface area contributed by atoms with Gasteiger partial charge in [-0.05, 0) is 23.6 Å². The van der Waals surface area contributed by atoms with Gasteiger partial charge in [0, 0.05) is 24.3 Å². The molecule has 5 heteroatoms. The normalized spacial score (nSPS) is 12.4. The number of amides is 1. The highest BCUT2D eigenvalue weighted by molar-refractivity contribution is 6.30. The molecule has 1 amide bonds. The topological polar surface area (TPSA) is 46.9 Å². The van der Waals surface area contributed by atoms with E-state index in [1.54, 1.807) is 29.1 Å². The van der Waals surface area contributed by atoms with Crippen molar-refractivity contribution in [3.63, 3.8) is 0 Å². The van der Waals surface area contributed by atoms with Crippen LogP contribution in [-0.2, 0) is 11.8 Å². The molecular formula is C15H18ClN3O. The highest BCUT2D eigenvalue weighted by atomic mass is 35.5. The second-order valence-electron chi connectivity index (χ2n) is 5.14. The third-order valence-corrected chi connectivity index (χ3v) is 3.40. The average molecular weight is 292 g/mol. The van der Waals surface area contributed by atoms with E-state index in [1.165, 1.54) is 0 Å². The van der Waals surface area contributed by atoms with Crippen molar-refractivity contribution in [1.29, 1.82) is 0 Å². The quantitative estimate of drug-likeness (QED) is 0.938. The maximum Gasteiger partial charge on any atom is 0.233 e. The number of aryl methyl sites for hydroxylation is 1. The Kier molecular flexibility index (Phi) is 4.45. The molecule has 0 bridgehead atoms. The lowest BCUT2D eigenvalue weighted by Crippen LogP contribution is -2.25. The van der Waals surface area contributed by atoms with Gasteiger partial charge in [-0.15, -0.1) is 0 Å². The van der Waals surface area contributed by atoms with E-state index in [-0.39, 0.29) is 17.7 Å². The number of rotatable bonds is 4. The van der Waals surface area contributed by atoms with Gasteiger partial charge < -0.3 is 5.32 Å². The van der Waals surface area contributed by atoms with Crippen LogP contribution in [0.25, 0.3) is 0 Å². The second kappa shape index (κ2) is 6.09. The van der Waals surface area contributed by atoms with E-state index in [1.807, 2.05) is 33.0 Å². The summed E-state index contributed by atoms with van der Waals surface area (Å²) in [6.07, 6.45) is 1.79. The van der Waals surface area contributed by atoms with Crippen molar-refractivity contribution in [3.8, 4) is 0 Å². The van der Waals surface area contributed by atoms with Gasteiger partial charge in [0.1, 0.15) is 0 Å². The molecule has 0 saturated heterocycles. The molecule has 2 aromatic rings. The van der Waals surface area contributed by atoms with Crippen molar-refractivity contribution < 1.29 is 4.79 Å². The number of carbonyl (C=O) groups excluding carboxylic acids is 1. The number of benzene rings is 1. The van der Waals surface area contributed by atoms with Gasteiger partial charge >= 0.3 is 0 Å². The van der Waals surface area contributed by atoms with E-state index in [4.69, 9.17) is 11.6 Å². The van der Waals surface area contributed by atoms with Gasteiger partial charge in [0.15, 0.2) is 5.82 Å². The molecule has 0 radical (unpaired) electrons. The van der Waals surface area contributed by atoms with E-state index in [0.29, 0.717) is 10.8 Å². The van der Waals surface area contributed by atoms with E-state index >= 15 is 0 Å². The zero-order chi connectivity index (χ0) is 14.7. The van der Waals surface area contributed by atoms with Crippen molar-refractivity contribution in [2.24, 2.45) is 13.0 Å². The fourth-order valence-electron chi connectivity index (χ4n) is 2.19. The minimum Gasteiger partial charge on any atom is -0.309 e. The number of halogens is 1. The fraction of sp³-hybridized carbons (Fsp3) is 0.333. The maximum absolute atomic E-state index is 12.5. The van der Waals surface area contributed by atoms with Crippen LogP contribution in [0.15, 0.2) is 36.5 Å². The fourth-order valence-corrected chi connectivity index (χ4v) is 2.32. The molecule has 1 atom stereocenters. The number of anilines is 1. The summed E-state index contributed by atoms with van der Waals surface area (Å²) in [6, 6.07) is 9.17. The van der Waals surface area contributed by atoms with Gasteiger partial charge in [-0.1, -0.05) is 37.6 Å². The lowest BCUT2D eigenvalue weighted by atomic mass is 9.87. The van der Waals surface area contributed by atoms with Crippen molar-refractivity contribution in [1.82, 2.24) is 9.78 Å². The number of nitrogens with one attached hydrogen (secondary N) is 1.